The number of fused-ring (bicyclic) bond motifs is 1. The Morgan fingerprint density at radius 3 is 2.47 bits per heavy atom. The molecule has 0 amide bonds. The van der Waals surface area contributed by atoms with Crippen molar-refractivity contribution in [1.82, 2.24) is 0 Å². The highest BCUT2D eigenvalue weighted by atomic mass is 79.9. The smallest absolute Gasteiger partial charge is 0.137 e. The molecular formula is C14H19BrFN. The monoisotopic (exact) mass is 299 g/mol. The Morgan fingerprint density at radius 1 is 1.29 bits per heavy atom. The summed E-state index contributed by atoms with van der Waals surface area (Å²) in [5.41, 5.74) is 2.47. The summed E-state index contributed by atoms with van der Waals surface area (Å²) in [5, 5.41) is 0. The third-order valence-electron chi connectivity index (χ3n) is 4.17. The van der Waals surface area contributed by atoms with Crippen LogP contribution in [0.2, 0.25) is 0 Å². The van der Waals surface area contributed by atoms with Crippen LogP contribution in [0.25, 0.3) is 0 Å². The fourth-order valence-electron chi connectivity index (χ4n) is 2.95. The number of anilines is 1. The minimum Gasteiger partial charge on any atom is -0.371 e. The number of nitrogens with zero attached hydrogens (tertiary/aromatic N) is 1. The van der Waals surface area contributed by atoms with E-state index in [1.54, 1.807) is 6.07 Å². The molecule has 1 aliphatic heterocycles. The van der Waals surface area contributed by atoms with Gasteiger partial charge in [0.1, 0.15) is 5.82 Å². The van der Waals surface area contributed by atoms with Gasteiger partial charge in [-0.15, -0.1) is 0 Å². The van der Waals surface area contributed by atoms with Gasteiger partial charge in [-0.2, -0.15) is 0 Å². The van der Waals surface area contributed by atoms with Crippen molar-refractivity contribution in [2.24, 2.45) is 0 Å². The Morgan fingerprint density at radius 2 is 1.94 bits per heavy atom. The third kappa shape index (κ3) is 1.79. The molecule has 1 aliphatic rings. The molecule has 0 spiro atoms. The number of halogens is 2. The van der Waals surface area contributed by atoms with Crippen molar-refractivity contribution in [1.29, 1.82) is 0 Å². The van der Waals surface area contributed by atoms with E-state index in [0.29, 0.717) is 4.47 Å². The van der Waals surface area contributed by atoms with Crippen LogP contribution in [0.15, 0.2) is 16.6 Å². The zero-order valence-electron chi connectivity index (χ0n) is 10.7. The van der Waals surface area contributed by atoms with Crippen molar-refractivity contribution in [2.45, 2.75) is 39.0 Å². The first kappa shape index (κ1) is 12.9. The van der Waals surface area contributed by atoms with Gasteiger partial charge in [-0.1, -0.05) is 13.8 Å². The predicted octanol–water partition coefficient (Wildman–Crippen LogP) is 4.49. The fourth-order valence-corrected chi connectivity index (χ4v) is 3.70. The number of hydrogen-bond donors (Lipinski definition) is 0. The maximum Gasteiger partial charge on any atom is 0.137 e. The molecule has 3 heteroatoms. The summed E-state index contributed by atoms with van der Waals surface area (Å²) in [6.45, 7) is 8.54. The molecule has 0 N–H and O–H groups in total. The van der Waals surface area contributed by atoms with Crippen molar-refractivity contribution in [3.63, 3.8) is 0 Å². The minimum atomic E-state index is -0.145. The number of benzene rings is 1. The highest BCUT2D eigenvalue weighted by Crippen LogP contribution is 2.48. The molecule has 0 saturated carbocycles. The Labute approximate surface area is 111 Å². The van der Waals surface area contributed by atoms with E-state index in [1.807, 2.05) is 6.07 Å². The highest BCUT2D eigenvalue weighted by Gasteiger charge is 2.41. The molecule has 94 valence electrons. The van der Waals surface area contributed by atoms with Crippen LogP contribution in [-0.4, -0.2) is 13.1 Å². The quantitative estimate of drug-likeness (QED) is 0.795. The molecule has 1 nitrogen and oxygen atoms in total. The summed E-state index contributed by atoms with van der Waals surface area (Å²) in [6, 6.07) is 3.49. The maximum atomic E-state index is 13.8. The lowest BCUT2D eigenvalue weighted by atomic mass is 9.77. The van der Waals surface area contributed by atoms with Crippen molar-refractivity contribution in [2.75, 3.05) is 18.0 Å². The summed E-state index contributed by atoms with van der Waals surface area (Å²) in [7, 11) is 0. The van der Waals surface area contributed by atoms with E-state index in [4.69, 9.17) is 0 Å². The van der Waals surface area contributed by atoms with Gasteiger partial charge in [0.05, 0.1) is 4.47 Å². The third-order valence-corrected chi connectivity index (χ3v) is 4.95. The predicted molar refractivity (Wildman–Crippen MR) is 74.2 cm³/mol. The molecule has 17 heavy (non-hydrogen) atoms. The standard InChI is InChI=1S/C14H19BrFN/c1-4-14(5-2)9-17(6-3)11-8-7-10(16)13(15)12(11)14/h7-8H,4-6,9H2,1-3H3. The van der Waals surface area contributed by atoms with E-state index in [-0.39, 0.29) is 11.2 Å². The Bertz CT molecular complexity index is 426. The van der Waals surface area contributed by atoms with Crippen LogP contribution >= 0.6 is 15.9 Å². The molecule has 0 aromatic heterocycles. The van der Waals surface area contributed by atoms with Crippen LogP contribution in [0.3, 0.4) is 0 Å². The Kier molecular flexibility index (Phi) is 3.48. The topological polar surface area (TPSA) is 3.24 Å². The van der Waals surface area contributed by atoms with Gasteiger partial charge in [0.2, 0.25) is 0 Å². The zero-order valence-corrected chi connectivity index (χ0v) is 12.3. The zero-order chi connectivity index (χ0) is 12.6. The molecule has 0 unspecified atom stereocenters. The van der Waals surface area contributed by atoms with Gasteiger partial charge in [0, 0.05) is 29.8 Å². The Hall–Kier alpha value is -0.570. The largest absolute Gasteiger partial charge is 0.371 e. The second-order valence-corrected chi connectivity index (χ2v) is 5.55. The van der Waals surface area contributed by atoms with Gasteiger partial charge < -0.3 is 4.90 Å². The van der Waals surface area contributed by atoms with Crippen molar-refractivity contribution in [3.8, 4) is 0 Å². The van der Waals surface area contributed by atoms with Crippen LogP contribution in [0.4, 0.5) is 10.1 Å². The number of rotatable bonds is 3. The number of hydrogen-bond acceptors (Lipinski definition) is 1. The summed E-state index contributed by atoms with van der Waals surface area (Å²) in [4.78, 5) is 2.35. The van der Waals surface area contributed by atoms with Gasteiger partial charge in [-0.25, -0.2) is 4.39 Å². The molecular weight excluding hydrogens is 281 g/mol. The summed E-state index contributed by atoms with van der Waals surface area (Å²) in [5.74, 6) is -0.145. The molecule has 0 bridgehead atoms. The molecule has 1 heterocycles. The molecule has 0 radical (unpaired) electrons. The lowest BCUT2D eigenvalue weighted by molar-refractivity contribution is 0.417. The van der Waals surface area contributed by atoms with Crippen LogP contribution in [-0.2, 0) is 5.41 Å². The van der Waals surface area contributed by atoms with Crippen molar-refractivity contribution < 1.29 is 4.39 Å². The van der Waals surface area contributed by atoms with Gasteiger partial charge in [-0.05, 0) is 47.8 Å². The number of likely N-dealkylation sites (N-methyl/N-ethyl adjacent to an activating group) is 1. The second-order valence-electron chi connectivity index (χ2n) is 4.76. The molecule has 0 atom stereocenters. The Balaban J connectivity index is 2.65. The summed E-state index contributed by atoms with van der Waals surface area (Å²) < 4.78 is 14.4. The first-order valence-corrected chi connectivity index (χ1v) is 7.12. The van der Waals surface area contributed by atoms with E-state index < -0.39 is 0 Å². The first-order valence-electron chi connectivity index (χ1n) is 6.33. The van der Waals surface area contributed by atoms with E-state index in [0.717, 1.165) is 25.9 Å². The molecule has 0 fully saturated rings. The van der Waals surface area contributed by atoms with Gasteiger partial charge in [-0.3, -0.25) is 0 Å². The summed E-state index contributed by atoms with van der Waals surface area (Å²) >= 11 is 3.44. The fraction of sp³-hybridized carbons (Fsp3) is 0.571. The lowest BCUT2D eigenvalue weighted by Crippen LogP contribution is -2.32. The van der Waals surface area contributed by atoms with Gasteiger partial charge in [0.25, 0.3) is 0 Å². The molecule has 1 aromatic rings. The highest BCUT2D eigenvalue weighted by molar-refractivity contribution is 9.10. The maximum absolute atomic E-state index is 13.8. The molecule has 0 saturated heterocycles. The van der Waals surface area contributed by atoms with E-state index in [1.165, 1.54) is 11.3 Å². The average molecular weight is 300 g/mol. The minimum absolute atomic E-state index is 0.103. The van der Waals surface area contributed by atoms with Crippen molar-refractivity contribution in [3.05, 3.63) is 28.0 Å². The van der Waals surface area contributed by atoms with Crippen LogP contribution in [0.1, 0.15) is 39.2 Å². The first-order chi connectivity index (χ1) is 8.09. The van der Waals surface area contributed by atoms with Crippen LogP contribution < -0.4 is 4.90 Å². The van der Waals surface area contributed by atoms with Gasteiger partial charge >= 0.3 is 0 Å². The van der Waals surface area contributed by atoms with Crippen LogP contribution in [0.5, 0.6) is 0 Å². The molecule has 2 rings (SSSR count). The van der Waals surface area contributed by atoms with Crippen molar-refractivity contribution >= 4 is 21.6 Å². The SMILES string of the molecule is CCN1CC(CC)(CC)c2c1ccc(F)c2Br. The van der Waals surface area contributed by atoms with Gasteiger partial charge in [0.15, 0.2) is 0 Å². The molecule has 0 aliphatic carbocycles. The normalized spacial score (nSPS) is 17.4. The van der Waals surface area contributed by atoms with E-state index >= 15 is 0 Å². The second kappa shape index (κ2) is 4.60. The lowest BCUT2D eigenvalue weighted by Gasteiger charge is -2.28. The molecule has 1 aromatic carbocycles. The van der Waals surface area contributed by atoms with E-state index in [9.17, 15) is 4.39 Å². The van der Waals surface area contributed by atoms with Crippen LogP contribution in [0, 0.1) is 5.82 Å². The average Bonchev–Trinajstić information content (AvgIpc) is 2.69. The summed E-state index contributed by atoms with van der Waals surface area (Å²) in [6.07, 6.45) is 2.10. The van der Waals surface area contributed by atoms with E-state index in [2.05, 4.69) is 41.6 Å².